The minimum atomic E-state index is -3.93. The first-order chi connectivity index (χ1) is 9.71. The Morgan fingerprint density at radius 3 is 2.71 bits per heavy atom. The van der Waals surface area contributed by atoms with Crippen LogP contribution in [0.2, 0.25) is 0 Å². The molecule has 0 fully saturated rings. The van der Waals surface area contributed by atoms with Gasteiger partial charge in [-0.15, -0.1) is 0 Å². The first kappa shape index (κ1) is 18.1. The SMILES string of the molecule is CC(C)COCCCNC(=O)c1cc(S(N)(=O)=O)c(Br)o1. The number of nitrogens with two attached hydrogens (primary N) is 1. The van der Waals surface area contributed by atoms with Crippen LogP contribution in [0.1, 0.15) is 30.8 Å². The number of hydrogen-bond donors (Lipinski definition) is 2. The molecule has 0 aliphatic carbocycles. The summed E-state index contributed by atoms with van der Waals surface area (Å²) >= 11 is 2.91. The Morgan fingerprint density at radius 2 is 2.19 bits per heavy atom. The van der Waals surface area contributed by atoms with Gasteiger partial charge in [0.25, 0.3) is 5.91 Å². The number of carbonyl (C=O) groups is 1. The van der Waals surface area contributed by atoms with Crippen molar-refractivity contribution in [3.8, 4) is 0 Å². The van der Waals surface area contributed by atoms with Crippen LogP contribution in [0.5, 0.6) is 0 Å². The van der Waals surface area contributed by atoms with Crippen LogP contribution in [-0.2, 0) is 14.8 Å². The molecular formula is C12H19BrN2O5S. The Hall–Kier alpha value is -0.900. The molecule has 1 heterocycles. The molecule has 0 aliphatic heterocycles. The van der Waals surface area contributed by atoms with Crippen molar-refractivity contribution in [2.24, 2.45) is 11.1 Å². The number of halogens is 1. The average molecular weight is 383 g/mol. The van der Waals surface area contributed by atoms with Crippen molar-refractivity contribution in [3.05, 3.63) is 16.5 Å². The second-order valence-corrected chi connectivity index (χ2v) is 7.12. The molecule has 3 N–H and O–H groups in total. The predicted octanol–water partition coefficient (Wildman–Crippen LogP) is 1.48. The molecule has 21 heavy (non-hydrogen) atoms. The lowest BCUT2D eigenvalue weighted by Gasteiger charge is -2.06. The predicted molar refractivity (Wildman–Crippen MR) is 80.4 cm³/mol. The quantitative estimate of drug-likeness (QED) is 0.661. The third-order valence-electron chi connectivity index (χ3n) is 2.39. The van der Waals surface area contributed by atoms with E-state index in [1.165, 1.54) is 0 Å². The van der Waals surface area contributed by atoms with Gasteiger partial charge in [-0.05, 0) is 28.3 Å². The third kappa shape index (κ3) is 6.16. The minimum absolute atomic E-state index is 0.0876. The summed E-state index contributed by atoms with van der Waals surface area (Å²) in [6.07, 6.45) is 0.655. The Bertz CT molecular complexity index is 582. The smallest absolute Gasteiger partial charge is 0.287 e. The van der Waals surface area contributed by atoms with Gasteiger partial charge in [0.15, 0.2) is 10.4 Å². The summed E-state index contributed by atoms with van der Waals surface area (Å²) in [7, 11) is -3.93. The Morgan fingerprint density at radius 1 is 1.52 bits per heavy atom. The molecule has 120 valence electrons. The van der Waals surface area contributed by atoms with E-state index in [2.05, 4.69) is 35.1 Å². The summed E-state index contributed by atoms with van der Waals surface area (Å²) in [6.45, 7) is 5.73. The lowest BCUT2D eigenvalue weighted by molar-refractivity contribution is 0.0899. The molecule has 1 rings (SSSR count). The maximum atomic E-state index is 11.8. The first-order valence-corrected chi connectivity index (χ1v) is 8.74. The zero-order chi connectivity index (χ0) is 16.0. The second-order valence-electron chi connectivity index (χ2n) is 4.87. The molecule has 9 heteroatoms. The highest BCUT2D eigenvalue weighted by molar-refractivity contribution is 9.10. The lowest BCUT2D eigenvalue weighted by Crippen LogP contribution is -2.25. The number of furan rings is 1. The minimum Gasteiger partial charge on any atom is -0.443 e. The Labute approximate surface area is 132 Å². The number of hydrogen-bond acceptors (Lipinski definition) is 5. The molecule has 0 unspecified atom stereocenters. The number of ether oxygens (including phenoxy) is 1. The van der Waals surface area contributed by atoms with Crippen LogP contribution in [0.3, 0.4) is 0 Å². The maximum Gasteiger partial charge on any atom is 0.287 e. The van der Waals surface area contributed by atoms with Gasteiger partial charge in [0.1, 0.15) is 4.90 Å². The summed E-state index contributed by atoms with van der Waals surface area (Å²) in [5.74, 6) is -0.153. The summed E-state index contributed by atoms with van der Waals surface area (Å²) in [4.78, 5) is 11.5. The van der Waals surface area contributed by atoms with Crippen molar-refractivity contribution in [3.63, 3.8) is 0 Å². The molecule has 0 radical (unpaired) electrons. The molecule has 0 atom stereocenters. The number of primary sulfonamides is 1. The molecule has 7 nitrogen and oxygen atoms in total. The summed E-state index contributed by atoms with van der Waals surface area (Å²) in [6, 6.07) is 1.09. The number of nitrogens with one attached hydrogen (secondary N) is 1. The highest BCUT2D eigenvalue weighted by atomic mass is 79.9. The van der Waals surface area contributed by atoms with Crippen molar-refractivity contribution in [1.29, 1.82) is 0 Å². The second kappa shape index (κ2) is 7.92. The monoisotopic (exact) mass is 382 g/mol. The highest BCUT2D eigenvalue weighted by Crippen LogP contribution is 2.24. The zero-order valence-electron chi connectivity index (χ0n) is 11.9. The molecule has 0 aromatic carbocycles. The Balaban J connectivity index is 2.43. The average Bonchev–Trinajstić information content (AvgIpc) is 2.75. The molecule has 1 aromatic heterocycles. The van der Waals surface area contributed by atoms with E-state index in [9.17, 15) is 13.2 Å². The number of sulfonamides is 1. The van der Waals surface area contributed by atoms with Crippen LogP contribution >= 0.6 is 15.9 Å². The van der Waals surface area contributed by atoms with Gasteiger partial charge < -0.3 is 14.5 Å². The van der Waals surface area contributed by atoms with Crippen molar-refractivity contribution < 1.29 is 22.4 Å². The van der Waals surface area contributed by atoms with Gasteiger partial charge in [0.05, 0.1) is 0 Å². The van der Waals surface area contributed by atoms with E-state index in [0.717, 1.165) is 6.07 Å². The van der Waals surface area contributed by atoms with E-state index in [0.29, 0.717) is 32.1 Å². The fourth-order valence-corrected chi connectivity index (χ4v) is 2.94. The van der Waals surface area contributed by atoms with Crippen molar-refractivity contribution in [1.82, 2.24) is 5.32 Å². The third-order valence-corrected chi connectivity index (χ3v) is 4.16. The van der Waals surface area contributed by atoms with E-state index >= 15 is 0 Å². The van der Waals surface area contributed by atoms with Crippen LogP contribution in [-0.4, -0.2) is 34.1 Å². The molecule has 0 aliphatic rings. The summed E-state index contributed by atoms with van der Waals surface area (Å²) < 4.78 is 32.7. The zero-order valence-corrected chi connectivity index (χ0v) is 14.3. The molecule has 1 aromatic rings. The molecule has 0 saturated heterocycles. The van der Waals surface area contributed by atoms with Crippen molar-refractivity contribution in [2.45, 2.75) is 25.2 Å². The normalized spacial score (nSPS) is 11.9. The first-order valence-electron chi connectivity index (χ1n) is 6.40. The van der Waals surface area contributed by atoms with Crippen LogP contribution in [0, 0.1) is 5.92 Å². The van der Waals surface area contributed by atoms with E-state index in [-0.39, 0.29) is 15.3 Å². The van der Waals surface area contributed by atoms with Gasteiger partial charge in [-0.25, -0.2) is 13.6 Å². The van der Waals surface area contributed by atoms with Crippen molar-refractivity contribution in [2.75, 3.05) is 19.8 Å². The number of amides is 1. The van der Waals surface area contributed by atoms with Gasteiger partial charge >= 0.3 is 0 Å². The lowest BCUT2D eigenvalue weighted by atomic mass is 10.2. The Kier molecular flexibility index (Phi) is 6.85. The van der Waals surface area contributed by atoms with Crippen LogP contribution < -0.4 is 10.5 Å². The standard InChI is InChI=1S/C12H19BrN2O5S/c1-8(2)7-19-5-3-4-15-12(16)9-6-10(11(13)20-9)21(14,17)18/h6,8H,3-5,7H2,1-2H3,(H,15,16)(H2,14,17,18). The summed E-state index contributed by atoms with van der Waals surface area (Å²) in [5, 5.41) is 7.59. The molecule has 1 amide bonds. The molecular weight excluding hydrogens is 364 g/mol. The van der Waals surface area contributed by atoms with Crippen molar-refractivity contribution >= 4 is 31.9 Å². The fraction of sp³-hybridized carbons (Fsp3) is 0.583. The largest absolute Gasteiger partial charge is 0.443 e. The number of rotatable bonds is 8. The van der Waals surface area contributed by atoms with Crippen LogP contribution in [0.15, 0.2) is 20.0 Å². The molecule has 0 bridgehead atoms. The van der Waals surface area contributed by atoms with E-state index in [1.54, 1.807) is 0 Å². The van der Waals surface area contributed by atoms with Gasteiger partial charge in [-0.2, -0.15) is 0 Å². The van der Waals surface area contributed by atoms with E-state index < -0.39 is 15.9 Å². The van der Waals surface area contributed by atoms with Gasteiger partial charge in [0, 0.05) is 25.8 Å². The molecule has 0 saturated carbocycles. The topological polar surface area (TPSA) is 112 Å². The maximum absolute atomic E-state index is 11.8. The highest BCUT2D eigenvalue weighted by Gasteiger charge is 2.21. The molecule has 0 spiro atoms. The van der Waals surface area contributed by atoms with E-state index in [1.807, 2.05) is 0 Å². The van der Waals surface area contributed by atoms with Crippen LogP contribution in [0.4, 0.5) is 0 Å². The number of carbonyl (C=O) groups excluding carboxylic acids is 1. The summed E-state index contributed by atoms with van der Waals surface area (Å²) in [5.41, 5.74) is 0. The van der Waals surface area contributed by atoms with Gasteiger partial charge in [-0.3, -0.25) is 4.79 Å². The van der Waals surface area contributed by atoms with E-state index in [4.69, 9.17) is 14.3 Å². The fourth-order valence-electron chi connectivity index (χ4n) is 1.44. The van der Waals surface area contributed by atoms with Gasteiger partial charge in [0.2, 0.25) is 10.0 Å². The van der Waals surface area contributed by atoms with Gasteiger partial charge in [-0.1, -0.05) is 13.8 Å². The van der Waals surface area contributed by atoms with Crippen LogP contribution in [0.25, 0.3) is 0 Å².